The minimum atomic E-state index is -3.44. The van der Waals surface area contributed by atoms with Gasteiger partial charge in [-0.2, -0.15) is 0 Å². The second kappa shape index (κ2) is 10.7. The number of esters is 1. The van der Waals surface area contributed by atoms with E-state index >= 15 is 0 Å². The van der Waals surface area contributed by atoms with E-state index in [2.05, 4.69) is 0 Å². The predicted octanol–water partition coefficient (Wildman–Crippen LogP) is 5.43. The summed E-state index contributed by atoms with van der Waals surface area (Å²) in [5, 5.41) is 0.822. The number of likely N-dealkylation sites (N-methyl/N-ethyl adjacent to an activating group) is 1. The van der Waals surface area contributed by atoms with E-state index < -0.39 is 33.4 Å². The van der Waals surface area contributed by atoms with Gasteiger partial charge in [0.05, 0.1) is 29.7 Å². The molecule has 1 amide bonds. The minimum absolute atomic E-state index is 0.125. The van der Waals surface area contributed by atoms with Crippen molar-refractivity contribution in [1.29, 1.82) is 0 Å². The Hall–Kier alpha value is -2.13. The smallest absolute Gasteiger partial charge is 0.309 e. The molecule has 3 fully saturated rings. The summed E-state index contributed by atoms with van der Waals surface area (Å²) in [4.78, 5) is 29.1. The van der Waals surface area contributed by atoms with Crippen molar-refractivity contribution in [2.24, 2.45) is 11.3 Å². The van der Waals surface area contributed by atoms with Gasteiger partial charge >= 0.3 is 5.97 Å². The number of likely N-dealkylation sites (tertiary alicyclic amines) is 1. The number of hydrogen-bond acceptors (Lipinski definition) is 5. The SMILES string of the molecule is CC[C@@H](CN(C)S(=O)(=O)C1CC1)N1C(=O)[C@@]2(C[C@H](c3cccc(Cl)c3)[C@H]1c1ccc(Cl)cc1)C[C@@H]2C(=O)OC. The number of carbonyl (C=O) groups is 2. The van der Waals surface area contributed by atoms with Gasteiger partial charge in [0.15, 0.2) is 0 Å². The van der Waals surface area contributed by atoms with Crippen molar-refractivity contribution < 1.29 is 22.7 Å². The van der Waals surface area contributed by atoms with Crippen LogP contribution in [0.5, 0.6) is 0 Å². The number of ether oxygens (including phenoxy) is 1. The maximum Gasteiger partial charge on any atom is 0.309 e. The predicted molar refractivity (Wildman–Crippen MR) is 151 cm³/mol. The number of hydrogen-bond donors (Lipinski definition) is 0. The first-order valence-corrected chi connectivity index (χ1v) is 15.7. The molecular formula is C29H34Cl2N2O5S. The van der Waals surface area contributed by atoms with Crippen LogP contribution in [0.15, 0.2) is 48.5 Å². The molecule has 0 bridgehead atoms. The highest BCUT2D eigenvalue weighted by Crippen LogP contribution is 2.65. The maximum atomic E-state index is 14.5. The van der Waals surface area contributed by atoms with Gasteiger partial charge < -0.3 is 9.64 Å². The lowest BCUT2D eigenvalue weighted by atomic mass is 9.72. The molecule has 39 heavy (non-hydrogen) atoms. The standard InChI is InChI=1S/C29H34Cl2N2O5S/c1-4-22(17-32(2)39(36,37)23-12-13-23)33-26(18-8-10-20(30)11-9-18)24(19-6-5-7-21(31)14-19)15-29(28(33)35)16-25(29)27(34)38-3/h5-11,14,22-26H,4,12-13,15-17H2,1-3H3/t22-,24+,25+,26+,29-/m0/s1. The average Bonchev–Trinajstić information content (AvgIpc) is 3.84. The topological polar surface area (TPSA) is 84.0 Å². The zero-order chi connectivity index (χ0) is 28.1. The van der Waals surface area contributed by atoms with Crippen molar-refractivity contribution in [1.82, 2.24) is 9.21 Å². The van der Waals surface area contributed by atoms with Crippen LogP contribution in [0.3, 0.4) is 0 Å². The Bertz CT molecular complexity index is 1360. The lowest BCUT2D eigenvalue weighted by Gasteiger charge is -2.49. The Balaban J connectivity index is 1.63. The average molecular weight is 594 g/mol. The fraction of sp³-hybridized carbons (Fsp3) is 0.517. The molecule has 210 valence electrons. The van der Waals surface area contributed by atoms with Gasteiger partial charge in [-0.25, -0.2) is 12.7 Å². The molecule has 2 saturated carbocycles. The fourth-order valence-corrected chi connectivity index (χ4v) is 8.25. The summed E-state index contributed by atoms with van der Waals surface area (Å²) in [5.41, 5.74) is 0.960. The van der Waals surface area contributed by atoms with E-state index in [1.165, 1.54) is 11.4 Å². The zero-order valence-electron chi connectivity index (χ0n) is 22.3. The van der Waals surface area contributed by atoms with E-state index in [1.54, 1.807) is 19.2 Å². The van der Waals surface area contributed by atoms with Crippen LogP contribution in [0.4, 0.5) is 0 Å². The van der Waals surface area contributed by atoms with Gasteiger partial charge in [-0.05, 0) is 67.5 Å². The number of halogens is 2. The van der Waals surface area contributed by atoms with Crippen molar-refractivity contribution in [2.75, 3.05) is 20.7 Å². The number of sulfonamides is 1. The molecule has 0 N–H and O–H groups in total. The van der Waals surface area contributed by atoms with E-state index in [0.717, 1.165) is 11.1 Å². The Morgan fingerprint density at radius 3 is 2.38 bits per heavy atom. The Morgan fingerprint density at radius 2 is 1.79 bits per heavy atom. The number of amides is 1. The Labute approximate surface area is 240 Å². The van der Waals surface area contributed by atoms with Crippen LogP contribution in [0, 0.1) is 11.3 Å². The molecule has 1 aliphatic heterocycles. The summed E-state index contributed by atoms with van der Waals surface area (Å²) in [6.45, 7) is 2.14. The molecule has 5 atom stereocenters. The van der Waals surface area contributed by atoms with Crippen molar-refractivity contribution in [3.05, 3.63) is 69.7 Å². The highest BCUT2D eigenvalue weighted by molar-refractivity contribution is 7.90. The van der Waals surface area contributed by atoms with Crippen LogP contribution in [-0.4, -0.2) is 61.5 Å². The van der Waals surface area contributed by atoms with Gasteiger partial charge in [0.2, 0.25) is 15.9 Å². The molecule has 3 aliphatic rings. The molecule has 0 radical (unpaired) electrons. The van der Waals surface area contributed by atoms with E-state index in [0.29, 0.717) is 42.1 Å². The van der Waals surface area contributed by atoms with Crippen LogP contribution in [0.25, 0.3) is 0 Å². The first-order valence-electron chi connectivity index (χ1n) is 13.4. The summed E-state index contributed by atoms with van der Waals surface area (Å²) < 4.78 is 32.6. The Morgan fingerprint density at radius 1 is 1.10 bits per heavy atom. The summed E-state index contributed by atoms with van der Waals surface area (Å²) in [6, 6.07) is 14.3. The molecule has 0 unspecified atom stereocenters. The van der Waals surface area contributed by atoms with Crippen LogP contribution >= 0.6 is 23.2 Å². The van der Waals surface area contributed by atoms with Gasteiger partial charge in [-0.3, -0.25) is 9.59 Å². The second-order valence-electron chi connectivity index (χ2n) is 11.1. The van der Waals surface area contributed by atoms with Gasteiger partial charge in [-0.15, -0.1) is 0 Å². The molecule has 2 aromatic carbocycles. The molecule has 1 heterocycles. The number of rotatable bonds is 9. The van der Waals surface area contributed by atoms with E-state index in [-0.39, 0.29) is 29.6 Å². The van der Waals surface area contributed by atoms with Gasteiger partial charge in [0.25, 0.3) is 0 Å². The summed E-state index contributed by atoms with van der Waals surface area (Å²) >= 11 is 12.7. The van der Waals surface area contributed by atoms with E-state index in [1.807, 2.05) is 48.2 Å². The minimum Gasteiger partial charge on any atom is -0.469 e. The van der Waals surface area contributed by atoms with Crippen molar-refractivity contribution in [2.45, 2.75) is 62.3 Å². The van der Waals surface area contributed by atoms with E-state index in [4.69, 9.17) is 27.9 Å². The number of carbonyl (C=O) groups excluding carboxylic acids is 2. The third-order valence-corrected chi connectivity index (χ3v) is 11.5. The molecule has 2 aromatic rings. The third-order valence-electron chi connectivity index (χ3n) is 8.69. The van der Waals surface area contributed by atoms with Crippen LogP contribution in [0.1, 0.15) is 62.1 Å². The molecule has 10 heteroatoms. The molecule has 5 rings (SSSR count). The molecule has 1 saturated heterocycles. The Kier molecular flexibility index (Phi) is 7.79. The van der Waals surface area contributed by atoms with Crippen molar-refractivity contribution in [3.8, 4) is 0 Å². The van der Waals surface area contributed by atoms with Crippen LogP contribution in [0.2, 0.25) is 10.0 Å². The fourth-order valence-electron chi connectivity index (χ4n) is 6.31. The maximum absolute atomic E-state index is 14.5. The first kappa shape index (κ1) is 28.4. The van der Waals surface area contributed by atoms with E-state index in [9.17, 15) is 18.0 Å². The summed E-state index contributed by atoms with van der Waals surface area (Å²) in [7, 11) is -0.499. The molecular weight excluding hydrogens is 559 g/mol. The number of nitrogens with zero attached hydrogens (tertiary/aromatic N) is 2. The highest BCUT2D eigenvalue weighted by atomic mass is 35.5. The van der Waals surface area contributed by atoms with Gasteiger partial charge in [-0.1, -0.05) is 54.4 Å². The lowest BCUT2D eigenvalue weighted by molar-refractivity contribution is -0.155. The third kappa shape index (κ3) is 5.21. The van der Waals surface area contributed by atoms with Crippen molar-refractivity contribution >= 4 is 45.1 Å². The normalized spacial score (nSPS) is 27.6. The molecule has 1 spiro atoms. The second-order valence-corrected chi connectivity index (χ2v) is 14.3. The summed E-state index contributed by atoms with van der Waals surface area (Å²) in [6.07, 6.45) is 2.75. The van der Waals surface area contributed by atoms with Gasteiger partial charge in [0.1, 0.15) is 0 Å². The monoisotopic (exact) mass is 592 g/mol. The molecule has 7 nitrogen and oxygen atoms in total. The first-order chi connectivity index (χ1) is 18.5. The van der Waals surface area contributed by atoms with Crippen molar-refractivity contribution in [3.63, 3.8) is 0 Å². The number of benzene rings is 2. The number of piperidine rings is 1. The van der Waals surface area contributed by atoms with Crippen LogP contribution < -0.4 is 0 Å². The van der Waals surface area contributed by atoms with Gasteiger partial charge in [0, 0.05) is 35.6 Å². The highest BCUT2D eigenvalue weighted by Gasteiger charge is 2.69. The lowest BCUT2D eigenvalue weighted by Crippen LogP contribution is -2.56. The number of methoxy groups -OCH3 is 1. The summed E-state index contributed by atoms with van der Waals surface area (Å²) in [5.74, 6) is -1.23. The molecule has 0 aromatic heterocycles. The quantitative estimate of drug-likeness (QED) is 0.362. The zero-order valence-corrected chi connectivity index (χ0v) is 24.7. The molecule has 2 aliphatic carbocycles. The van der Waals surface area contributed by atoms with Crippen LogP contribution in [-0.2, 0) is 24.3 Å². The largest absolute Gasteiger partial charge is 0.469 e.